The standard InChI is InChI=1S/C27H26ClN5O2S/c1-16-7-17(28)8-22(21(16)9-19-12-30-14-27(2,3)35-19)25-26-23(31-15-32-25)10-20(36-26)13-33-18(11-29)5-4-6-24(33)34/h4-8,10,15,19,30H,9,12-14H2,1-3H3/t19-/m1/s1. The molecule has 5 rings (SSSR count). The van der Waals surface area contributed by atoms with Gasteiger partial charge in [0.05, 0.1) is 34.2 Å². The molecule has 1 atom stereocenters. The molecular weight excluding hydrogens is 494 g/mol. The van der Waals surface area contributed by atoms with Gasteiger partial charge in [-0.3, -0.25) is 9.36 Å². The highest BCUT2D eigenvalue weighted by molar-refractivity contribution is 7.19. The molecule has 4 aromatic rings. The third-order valence-electron chi connectivity index (χ3n) is 6.37. The predicted molar refractivity (Wildman–Crippen MR) is 143 cm³/mol. The van der Waals surface area contributed by atoms with Crippen LogP contribution in [-0.2, 0) is 17.7 Å². The number of halogens is 1. The number of aryl methyl sites for hydroxylation is 1. The smallest absolute Gasteiger partial charge is 0.251 e. The van der Waals surface area contributed by atoms with Gasteiger partial charge in [0.1, 0.15) is 18.1 Å². The molecule has 0 radical (unpaired) electrons. The van der Waals surface area contributed by atoms with E-state index in [1.807, 2.05) is 18.2 Å². The number of nitrogens with one attached hydrogen (secondary N) is 1. The summed E-state index contributed by atoms with van der Waals surface area (Å²) >= 11 is 8.05. The van der Waals surface area contributed by atoms with Gasteiger partial charge in [0, 0.05) is 41.0 Å². The second-order valence-electron chi connectivity index (χ2n) is 9.68. The molecule has 1 aromatic carbocycles. The topological polar surface area (TPSA) is 92.8 Å². The van der Waals surface area contributed by atoms with Gasteiger partial charge in [0.15, 0.2) is 0 Å². The van der Waals surface area contributed by atoms with Crippen molar-refractivity contribution in [3.8, 4) is 17.3 Å². The Bertz CT molecular complexity index is 1550. The van der Waals surface area contributed by atoms with E-state index in [1.54, 1.807) is 18.5 Å². The number of nitriles is 1. The number of fused-ring (bicyclic) bond motifs is 1. The summed E-state index contributed by atoms with van der Waals surface area (Å²) in [6.45, 7) is 8.15. The number of thiophene rings is 1. The maximum atomic E-state index is 12.4. The Balaban J connectivity index is 1.57. The molecule has 9 heteroatoms. The first-order chi connectivity index (χ1) is 17.2. The first kappa shape index (κ1) is 24.6. The number of aromatic nitrogens is 3. The molecule has 1 aliphatic heterocycles. The lowest BCUT2D eigenvalue weighted by atomic mass is 9.93. The molecule has 184 valence electrons. The number of nitrogens with zero attached hydrogens (tertiary/aromatic N) is 4. The van der Waals surface area contributed by atoms with Crippen molar-refractivity contribution in [2.75, 3.05) is 13.1 Å². The number of ether oxygens (including phenoxy) is 1. The summed E-state index contributed by atoms with van der Waals surface area (Å²) in [6, 6.07) is 12.7. The van der Waals surface area contributed by atoms with E-state index in [9.17, 15) is 10.1 Å². The van der Waals surface area contributed by atoms with Crippen LogP contribution in [-0.4, -0.2) is 39.3 Å². The van der Waals surface area contributed by atoms with Gasteiger partial charge >= 0.3 is 0 Å². The van der Waals surface area contributed by atoms with E-state index in [4.69, 9.17) is 16.3 Å². The number of pyridine rings is 1. The number of rotatable bonds is 5. The SMILES string of the molecule is Cc1cc(Cl)cc(-c2ncnc3cc(Cn4c(C#N)cccc4=O)sc23)c1C[C@@H]1CNCC(C)(C)O1. The molecule has 0 amide bonds. The number of hydrogen-bond donors (Lipinski definition) is 1. The predicted octanol–water partition coefficient (Wildman–Crippen LogP) is 4.71. The first-order valence-electron chi connectivity index (χ1n) is 11.8. The molecule has 36 heavy (non-hydrogen) atoms. The van der Waals surface area contributed by atoms with E-state index in [2.05, 4.69) is 42.1 Å². The molecule has 0 unspecified atom stereocenters. The quantitative estimate of drug-likeness (QED) is 0.410. The van der Waals surface area contributed by atoms with E-state index in [-0.39, 0.29) is 17.3 Å². The van der Waals surface area contributed by atoms with Crippen molar-refractivity contribution in [1.82, 2.24) is 19.9 Å². The second-order valence-corrected chi connectivity index (χ2v) is 11.3. The third-order valence-corrected chi connectivity index (χ3v) is 7.71. The molecule has 1 saturated heterocycles. The Morgan fingerprint density at radius 3 is 2.92 bits per heavy atom. The minimum absolute atomic E-state index is 0.0259. The van der Waals surface area contributed by atoms with Crippen LogP contribution in [0, 0.1) is 18.3 Å². The van der Waals surface area contributed by atoms with Crippen molar-refractivity contribution in [2.45, 2.75) is 45.4 Å². The van der Waals surface area contributed by atoms with Crippen LogP contribution in [0.25, 0.3) is 21.5 Å². The molecule has 0 aliphatic carbocycles. The van der Waals surface area contributed by atoms with Crippen LogP contribution >= 0.6 is 22.9 Å². The zero-order valence-corrected chi connectivity index (χ0v) is 21.9. The van der Waals surface area contributed by atoms with Gasteiger partial charge in [-0.1, -0.05) is 17.7 Å². The molecule has 1 fully saturated rings. The summed E-state index contributed by atoms with van der Waals surface area (Å²) < 4.78 is 8.75. The molecule has 3 aromatic heterocycles. The Hall–Kier alpha value is -3.09. The highest BCUT2D eigenvalue weighted by Gasteiger charge is 2.29. The van der Waals surface area contributed by atoms with Crippen molar-refractivity contribution in [3.05, 3.63) is 79.8 Å². The maximum absolute atomic E-state index is 12.4. The van der Waals surface area contributed by atoms with E-state index in [0.29, 0.717) is 17.3 Å². The highest BCUT2D eigenvalue weighted by Crippen LogP contribution is 2.37. The van der Waals surface area contributed by atoms with Crippen LogP contribution in [0.1, 0.15) is 35.5 Å². The monoisotopic (exact) mass is 519 g/mol. The van der Waals surface area contributed by atoms with Crippen molar-refractivity contribution < 1.29 is 4.74 Å². The van der Waals surface area contributed by atoms with Crippen molar-refractivity contribution >= 4 is 33.2 Å². The maximum Gasteiger partial charge on any atom is 0.251 e. The highest BCUT2D eigenvalue weighted by atomic mass is 35.5. The molecule has 1 N–H and O–H groups in total. The van der Waals surface area contributed by atoms with E-state index < -0.39 is 0 Å². The lowest BCUT2D eigenvalue weighted by Crippen LogP contribution is -2.51. The number of morpholine rings is 1. The molecule has 0 bridgehead atoms. The fourth-order valence-corrected chi connectivity index (χ4v) is 6.15. The van der Waals surface area contributed by atoms with Crippen LogP contribution in [0.2, 0.25) is 5.02 Å². The van der Waals surface area contributed by atoms with Gasteiger partial charge in [-0.05, 0) is 56.2 Å². The van der Waals surface area contributed by atoms with Crippen molar-refractivity contribution in [3.63, 3.8) is 0 Å². The van der Waals surface area contributed by atoms with Crippen LogP contribution in [0.3, 0.4) is 0 Å². The lowest BCUT2D eigenvalue weighted by Gasteiger charge is -2.37. The molecule has 1 aliphatic rings. The summed E-state index contributed by atoms with van der Waals surface area (Å²) in [7, 11) is 0. The van der Waals surface area contributed by atoms with Gasteiger partial charge in [-0.25, -0.2) is 9.97 Å². The van der Waals surface area contributed by atoms with Gasteiger partial charge in [-0.2, -0.15) is 5.26 Å². The molecule has 4 heterocycles. The Morgan fingerprint density at radius 1 is 1.31 bits per heavy atom. The fraction of sp³-hybridized carbons (Fsp3) is 0.333. The van der Waals surface area contributed by atoms with Crippen LogP contribution in [0.15, 0.2) is 47.5 Å². The van der Waals surface area contributed by atoms with Crippen LogP contribution in [0.5, 0.6) is 0 Å². The average molecular weight is 520 g/mol. The summed E-state index contributed by atoms with van der Waals surface area (Å²) in [6.07, 6.45) is 2.31. The minimum atomic E-state index is -0.230. The molecular formula is C27H26ClN5O2S. The first-order valence-corrected chi connectivity index (χ1v) is 12.9. The van der Waals surface area contributed by atoms with E-state index in [0.717, 1.165) is 57.0 Å². The molecule has 0 saturated carbocycles. The van der Waals surface area contributed by atoms with Crippen LogP contribution < -0.4 is 10.9 Å². The zero-order chi connectivity index (χ0) is 25.4. The average Bonchev–Trinajstić information content (AvgIpc) is 3.24. The lowest BCUT2D eigenvalue weighted by molar-refractivity contribution is -0.0928. The molecule has 0 spiro atoms. The summed E-state index contributed by atoms with van der Waals surface area (Å²) in [4.78, 5) is 22.5. The van der Waals surface area contributed by atoms with Gasteiger partial charge in [-0.15, -0.1) is 11.3 Å². The van der Waals surface area contributed by atoms with Gasteiger partial charge in [0.2, 0.25) is 0 Å². The van der Waals surface area contributed by atoms with E-state index in [1.165, 1.54) is 22.0 Å². The largest absolute Gasteiger partial charge is 0.369 e. The molecule has 7 nitrogen and oxygen atoms in total. The Morgan fingerprint density at radius 2 is 2.14 bits per heavy atom. The van der Waals surface area contributed by atoms with E-state index >= 15 is 0 Å². The minimum Gasteiger partial charge on any atom is -0.369 e. The summed E-state index contributed by atoms with van der Waals surface area (Å²) in [5.74, 6) is 0. The van der Waals surface area contributed by atoms with Crippen LogP contribution in [0.4, 0.5) is 0 Å². The number of hydrogen-bond acceptors (Lipinski definition) is 7. The fourth-order valence-electron chi connectivity index (χ4n) is 4.78. The summed E-state index contributed by atoms with van der Waals surface area (Å²) in [5.41, 5.74) is 4.67. The number of benzene rings is 1. The Kier molecular flexibility index (Phi) is 6.66. The van der Waals surface area contributed by atoms with Crippen molar-refractivity contribution in [2.24, 2.45) is 0 Å². The zero-order valence-electron chi connectivity index (χ0n) is 20.3. The van der Waals surface area contributed by atoms with Gasteiger partial charge in [0.25, 0.3) is 5.56 Å². The Labute approximate surface area is 218 Å². The third kappa shape index (κ3) is 4.93. The second kappa shape index (κ2) is 9.75. The summed E-state index contributed by atoms with van der Waals surface area (Å²) in [5, 5.41) is 13.6. The van der Waals surface area contributed by atoms with Gasteiger partial charge < -0.3 is 10.1 Å². The normalized spacial score (nSPS) is 17.2. The van der Waals surface area contributed by atoms with Crippen molar-refractivity contribution in [1.29, 1.82) is 5.26 Å².